The van der Waals surface area contributed by atoms with Gasteiger partial charge in [0.2, 0.25) is 5.78 Å². The molecule has 0 unspecified atom stereocenters. The third-order valence-electron chi connectivity index (χ3n) is 3.52. The Balaban J connectivity index is 2.18. The lowest BCUT2D eigenvalue weighted by molar-refractivity contribution is -0.138. The minimum Gasteiger partial charge on any atom is -0.454 e. The summed E-state index contributed by atoms with van der Waals surface area (Å²) < 4.78 is 70.0. The van der Waals surface area contributed by atoms with E-state index in [9.17, 15) is 31.5 Å². The van der Waals surface area contributed by atoms with E-state index in [1.807, 2.05) is 0 Å². The van der Waals surface area contributed by atoms with Gasteiger partial charge in [0.1, 0.15) is 23.0 Å². The van der Waals surface area contributed by atoms with Gasteiger partial charge in [0.15, 0.2) is 12.3 Å². The van der Waals surface area contributed by atoms with Crippen LogP contribution in [-0.4, -0.2) is 36.3 Å². The fourth-order valence-corrected chi connectivity index (χ4v) is 2.05. The Morgan fingerprint density at radius 3 is 2.26 bits per heavy atom. The number of nitrogens with two attached hydrogens (primary N) is 1. The minimum absolute atomic E-state index is 0.233. The van der Waals surface area contributed by atoms with Crippen LogP contribution in [0.25, 0.3) is 0 Å². The first-order chi connectivity index (χ1) is 12.5. The average Bonchev–Trinajstić information content (AvgIpc) is 3.35. The summed E-state index contributed by atoms with van der Waals surface area (Å²) in [6.07, 6.45) is -3.97. The lowest BCUT2D eigenvalue weighted by atomic mass is 10.1. The first-order valence-electron chi connectivity index (χ1n) is 7.59. The monoisotopic (exact) mass is 391 g/mol. The van der Waals surface area contributed by atoms with Crippen LogP contribution < -0.4 is 11.1 Å². The van der Waals surface area contributed by atoms with Crippen molar-refractivity contribution in [1.82, 2.24) is 5.32 Å². The van der Waals surface area contributed by atoms with E-state index in [0.29, 0.717) is 12.8 Å². The smallest absolute Gasteiger partial charge is 0.433 e. The van der Waals surface area contributed by atoms with E-state index >= 15 is 0 Å². The van der Waals surface area contributed by atoms with Crippen molar-refractivity contribution in [2.45, 2.75) is 25.1 Å². The molecule has 1 fully saturated rings. The first kappa shape index (κ1) is 20.3. The summed E-state index contributed by atoms with van der Waals surface area (Å²) in [5, 5.41) is 9.57. The molecule has 6 nitrogen and oxygen atoms in total. The molecule has 0 amide bonds. The molecule has 0 aliphatic heterocycles. The molecule has 0 radical (unpaired) electrons. The molecule has 0 saturated heterocycles. The van der Waals surface area contributed by atoms with E-state index in [1.54, 1.807) is 0 Å². The number of halogens is 5. The maximum atomic E-state index is 13.5. The van der Waals surface area contributed by atoms with E-state index in [2.05, 4.69) is 10.1 Å². The van der Waals surface area contributed by atoms with Gasteiger partial charge in [0.05, 0.1) is 5.56 Å². The van der Waals surface area contributed by atoms with Crippen molar-refractivity contribution in [2.24, 2.45) is 5.73 Å². The molecule has 1 aromatic rings. The summed E-state index contributed by atoms with van der Waals surface area (Å²) in [5.41, 5.74) is 1.07. The topological polar surface area (TPSA) is 105 Å². The van der Waals surface area contributed by atoms with E-state index < -0.39 is 58.8 Å². The molecule has 146 valence electrons. The highest BCUT2D eigenvalue weighted by Crippen LogP contribution is 2.25. The molecular weight excluding hydrogens is 377 g/mol. The Kier molecular flexibility index (Phi) is 5.82. The van der Waals surface area contributed by atoms with Gasteiger partial charge >= 0.3 is 12.1 Å². The SMILES string of the molecule is N=C(/C(C(=O)OCC(=O)c1c(F)cccc1F)=C(/N)NC1CC1)C(F)(F)F. The number of alkyl halides is 3. The first-order valence-corrected chi connectivity index (χ1v) is 7.59. The van der Waals surface area contributed by atoms with Gasteiger partial charge in [-0.1, -0.05) is 6.07 Å². The molecule has 0 bridgehead atoms. The predicted octanol–water partition coefficient (Wildman–Crippen LogP) is 2.20. The second-order valence-electron chi connectivity index (χ2n) is 5.68. The number of carbonyl (C=O) groups is 2. The van der Waals surface area contributed by atoms with Gasteiger partial charge in [-0.25, -0.2) is 13.6 Å². The number of esters is 1. The van der Waals surface area contributed by atoms with Crippen LogP contribution in [0, 0.1) is 17.0 Å². The van der Waals surface area contributed by atoms with Crippen molar-refractivity contribution in [3.8, 4) is 0 Å². The average molecular weight is 391 g/mol. The van der Waals surface area contributed by atoms with Gasteiger partial charge in [0, 0.05) is 6.04 Å². The lowest BCUT2D eigenvalue weighted by Gasteiger charge is -2.15. The van der Waals surface area contributed by atoms with Crippen molar-refractivity contribution in [2.75, 3.05) is 6.61 Å². The van der Waals surface area contributed by atoms with Crippen LogP contribution in [0.1, 0.15) is 23.2 Å². The van der Waals surface area contributed by atoms with Crippen LogP contribution >= 0.6 is 0 Å². The quantitative estimate of drug-likeness (QED) is 0.217. The molecular formula is C16H14F5N3O3. The van der Waals surface area contributed by atoms with Gasteiger partial charge < -0.3 is 15.8 Å². The van der Waals surface area contributed by atoms with Gasteiger partial charge in [-0.15, -0.1) is 0 Å². The van der Waals surface area contributed by atoms with E-state index in [-0.39, 0.29) is 6.04 Å². The van der Waals surface area contributed by atoms with Crippen LogP contribution in [0.3, 0.4) is 0 Å². The summed E-state index contributed by atoms with van der Waals surface area (Å²) in [4.78, 5) is 23.8. The van der Waals surface area contributed by atoms with Crippen LogP contribution in [0.5, 0.6) is 0 Å². The molecule has 1 aromatic carbocycles. The Morgan fingerprint density at radius 1 is 1.22 bits per heavy atom. The molecule has 27 heavy (non-hydrogen) atoms. The molecule has 1 aliphatic carbocycles. The number of hydrogen-bond acceptors (Lipinski definition) is 6. The number of nitrogens with one attached hydrogen (secondary N) is 2. The number of benzene rings is 1. The van der Waals surface area contributed by atoms with Gasteiger partial charge in [0.25, 0.3) is 0 Å². The third-order valence-corrected chi connectivity index (χ3v) is 3.52. The van der Waals surface area contributed by atoms with Crippen LogP contribution in [-0.2, 0) is 9.53 Å². The number of hydrogen-bond donors (Lipinski definition) is 3. The molecule has 0 aromatic heterocycles. The van der Waals surface area contributed by atoms with E-state index in [1.165, 1.54) is 0 Å². The molecule has 4 N–H and O–H groups in total. The van der Waals surface area contributed by atoms with Gasteiger partial charge in [-0.05, 0) is 25.0 Å². The third kappa shape index (κ3) is 5.02. The fraction of sp³-hybridized carbons (Fsp3) is 0.312. The van der Waals surface area contributed by atoms with Crippen LogP contribution in [0.2, 0.25) is 0 Å². The highest BCUT2D eigenvalue weighted by atomic mass is 19.4. The number of Topliss-reactive ketones (excluding diaryl/α,β-unsaturated/α-hetero) is 1. The largest absolute Gasteiger partial charge is 0.454 e. The van der Waals surface area contributed by atoms with Crippen LogP contribution in [0.15, 0.2) is 29.6 Å². The Hall–Kier alpha value is -2.98. The van der Waals surface area contributed by atoms with Gasteiger partial charge in [-0.2, -0.15) is 13.2 Å². The normalized spacial score (nSPS) is 15.0. The highest BCUT2D eigenvalue weighted by Gasteiger charge is 2.42. The van der Waals surface area contributed by atoms with Crippen LogP contribution in [0.4, 0.5) is 22.0 Å². The van der Waals surface area contributed by atoms with Crippen molar-refractivity contribution < 1.29 is 36.3 Å². The Labute approximate surface area is 149 Å². The van der Waals surface area contributed by atoms with Gasteiger partial charge in [-0.3, -0.25) is 10.2 Å². The fourth-order valence-electron chi connectivity index (χ4n) is 2.05. The zero-order chi connectivity index (χ0) is 20.4. The standard InChI is InChI=1S/C16H14F5N3O3/c17-8-2-1-3-9(18)11(8)10(25)6-27-15(26)12(13(22)16(19,20)21)14(23)24-7-4-5-7/h1-3,7,22,24H,4-6,23H2/b14-12+,22-13?. The summed E-state index contributed by atoms with van der Waals surface area (Å²) in [5.74, 6) is -6.18. The zero-order valence-corrected chi connectivity index (χ0v) is 13.6. The summed E-state index contributed by atoms with van der Waals surface area (Å²) in [6.45, 7) is -1.23. The highest BCUT2D eigenvalue weighted by molar-refractivity contribution is 6.21. The zero-order valence-electron chi connectivity index (χ0n) is 13.6. The molecule has 2 rings (SSSR count). The molecule has 0 atom stereocenters. The van der Waals surface area contributed by atoms with E-state index in [4.69, 9.17) is 11.1 Å². The molecule has 0 heterocycles. The molecule has 1 saturated carbocycles. The summed E-state index contributed by atoms with van der Waals surface area (Å²) in [6, 6.07) is 2.35. The number of ether oxygens (including phenoxy) is 1. The van der Waals surface area contributed by atoms with Crippen molar-refractivity contribution in [3.05, 3.63) is 46.8 Å². The number of rotatable bonds is 7. The van der Waals surface area contributed by atoms with Crippen molar-refractivity contribution in [1.29, 1.82) is 5.41 Å². The lowest BCUT2D eigenvalue weighted by Crippen LogP contribution is -2.36. The maximum absolute atomic E-state index is 13.5. The Bertz CT molecular complexity index is 796. The molecule has 1 aliphatic rings. The summed E-state index contributed by atoms with van der Waals surface area (Å²) >= 11 is 0. The molecule has 11 heteroatoms. The number of ketones is 1. The minimum atomic E-state index is -5.20. The maximum Gasteiger partial charge on any atom is 0.433 e. The second kappa shape index (κ2) is 7.72. The summed E-state index contributed by atoms with van der Waals surface area (Å²) in [7, 11) is 0. The van der Waals surface area contributed by atoms with Crippen molar-refractivity contribution >= 4 is 17.5 Å². The van der Waals surface area contributed by atoms with E-state index in [0.717, 1.165) is 18.2 Å². The predicted molar refractivity (Wildman–Crippen MR) is 82.8 cm³/mol. The molecule has 0 spiro atoms. The Morgan fingerprint density at radius 2 is 1.78 bits per heavy atom. The second-order valence-corrected chi connectivity index (χ2v) is 5.68. The number of carbonyl (C=O) groups excluding carboxylic acids is 2. The van der Waals surface area contributed by atoms with Crippen molar-refractivity contribution in [3.63, 3.8) is 0 Å².